The molecule has 0 aliphatic carbocycles. The van der Waals surface area contributed by atoms with Crippen LogP contribution in [0.2, 0.25) is 0 Å². The van der Waals surface area contributed by atoms with Gasteiger partial charge in [-0.05, 0) is 88.9 Å². The summed E-state index contributed by atoms with van der Waals surface area (Å²) >= 11 is 0. The van der Waals surface area contributed by atoms with Crippen LogP contribution in [-0.4, -0.2) is 96.7 Å². The molecule has 0 heterocycles. The van der Waals surface area contributed by atoms with Gasteiger partial charge in [0.1, 0.15) is 19.3 Å². The first-order valence-electron chi connectivity index (χ1n) is 38.1. The molecule has 0 aromatic carbocycles. The molecule has 0 aliphatic rings. The fourth-order valence-electron chi connectivity index (χ4n) is 10.6. The van der Waals surface area contributed by atoms with Crippen LogP contribution in [0.25, 0.3) is 0 Å². The van der Waals surface area contributed by atoms with E-state index in [0.29, 0.717) is 31.6 Å². The first kappa shape index (κ1) is 92.0. The van der Waals surface area contributed by atoms with E-state index in [4.69, 9.17) is 37.0 Å². The maximum atomic E-state index is 13.1. The number of hydrogen-bond donors (Lipinski definition) is 3. The lowest BCUT2D eigenvalue weighted by molar-refractivity contribution is -0.161. The highest BCUT2D eigenvalue weighted by molar-refractivity contribution is 7.47. The molecule has 5 atom stereocenters. The molecule has 0 saturated carbocycles. The molecular weight excluding hydrogens is 1250 g/mol. The van der Waals surface area contributed by atoms with Gasteiger partial charge in [0.05, 0.1) is 26.4 Å². The summed E-state index contributed by atoms with van der Waals surface area (Å²) in [5.74, 6) is -0.703. The van der Waals surface area contributed by atoms with Gasteiger partial charge in [-0.25, -0.2) is 9.13 Å². The number of unbranched alkanes of at least 4 members (excludes halogenated alkanes) is 35. The van der Waals surface area contributed by atoms with Gasteiger partial charge < -0.3 is 33.8 Å². The molecule has 95 heavy (non-hydrogen) atoms. The second kappa shape index (κ2) is 66.9. The van der Waals surface area contributed by atoms with Gasteiger partial charge in [0.25, 0.3) is 0 Å². The van der Waals surface area contributed by atoms with Crippen LogP contribution >= 0.6 is 15.6 Å². The number of aliphatic hydroxyl groups excluding tert-OH is 1. The van der Waals surface area contributed by atoms with Crippen LogP contribution in [0.1, 0.15) is 343 Å². The Balaban J connectivity index is 5.32. The van der Waals surface area contributed by atoms with E-state index in [1.165, 1.54) is 122 Å². The largest absolute Gasteiger partial charge is 0.472 e. The topological polar surface area (TPSA) is 237 Å². The summed E-state index contributed by atoms with van der Waals surface area (Å²) < 4.78 is 68.4. The fourth-order valence-corrected chi connectivity index (χ4v) is 12.2. The van der Waals surface area contributed by atoms with Gasteiger partial charge in [-0.1, -0.05) is 289 Å². The zero-order valence-electron chi connectivity index (χ0n) is 60.9. The van der Waals surface area contributed by atoms with E-state index in [2.05, 4.69) is 90.2 Å². The normalized spacial score (nSPS) is 14.3. The molecule has 3 N–H and O–H groups in total. The molecule has 0 radical (unpaired) electrons. The van der Waals surface area contributed by atoms with Crippen molar-refractivity contribution in [3.8, 4) is 0 Å². The van der Waals surface area contributed by atoms with Crippen LogP contribution in [0.5, 0.6) is 0 Å². The first-order valence-corrected chi connectivity index (χ1v) is 41.1. The van der Waals surface area contributed by atoms with Crippen molar-refractivity contribution in [1.29, 1.82) is 0 Å². The molecule has 0 aromatic rings. The van der Waals surface area contributed by atoms with Crippen molar-refractivity contribution in [1.82, 2.24) is 0 Å². The molecule has 3 unspecified atom stereocenters. The highest BCUT2D eigenvalue weighted by Gasteiger charge is 2.30. The number of phosphoric acid groups is 2. The van der Waals surface area contributed by atoms with Crippen LogP contribution in [0, 0.1) is 11.8 Å². The lowest BCUT2D eigenvalue weighted by Gasteiger charge is -2.21. The summed E-state index contributed by atoms with van der Waals surface area (Å²) in [7, 11) is -9.94. The fraction of sp³-hybridized carbons (Fsp3) is 0.842. The summed E-state index contributed by atoms with van der Waals surface area (Å²) in [4.78, 5) is 72.7. The van der Waals surface area contributed by atoms with Crippen molar-refractivity contribution in [3.63, 3.8) is 0 Å². The highest BCUT2D eigenvalue weighted by Crippen LogP contribution is 2.45. The molecule has 0 spiro atoms. The minimum Gasteiger partial charge on any atom is -0.462 e. The second-order valence-electron chi connectivity index (χ2n) is 27.0. The summed E-state index contributed by atoms with van der Waals surface area (Å²) in [5.41, 5.74) is 0. The Morgan fingerprint density at radius 1 is 0.326 bits per heavy atom. The Morgan fingerprint density at radius 3 is 0.853 bits per heavy atom. The SMILES string of the molecule is CCCCCC/C=C\C=C/CCCCCCCC(=O)OC[C@H](COP(=O)(O)OCC(O)COP(=O)(O)OC[C@@H](COC(=O)CCCCCCCCCC(C)C)OC(=O)CCCCCCCCCCCCCCC(C)C)OC(=O)CCCCCCC/C=C\C=C/CCCCCC. The van der Waals surface area contributed by atoms with E-state index in [9.17, 15) is 43.2 Å². The smallest absolute Gasteiger partial charge is 0.462 e. The third-order valence-electron chi connectivity index (χ3n) is 16.5. The number of allylic oxidation sites excluding steroid dienone is 8. The van der Waals surface area contributed by atoms with Gasteiger partial charge in [-0.3, -0.25) is 37.3 Å². The second-order valence-corrected chi connectivity index (χ2v) is 29.9. The van der Waals surface area contributed by atoms with Crippen LogP contribution in [0.3, 0.4) is 0 Å². The van der Waals surface area contributed by atoms with E-state index in [1.54, 1.807) is 0 Å². The molecule has 0 aromatic heterocycles. The van der Waals surface area contributed by atoms with Gasteiger partial charge in [0.2, 0.25) is 0 Å². The Morgan fingerprint density at radius 2 is 0.568 bits per heavy atom. The van der Waals surface area contributed by atoms with Gasteiger partial charge in [0.15, 0.2) is 12.2 Å². The zero-order valence-corrected chi connectivity index (χ0v) is 62.7. The van der Waals surface area contributed by atoms with E-state index in [0.717, 1.165) is 134 Å². The maximum absolute atomic E-state index is 13.1. The summed E-state index contributed by atoms with van der Waals surface area (Å²) in [5, 5.41) is 10.6. The van der Waals surface area contributed by atoms with Crippen molar-refractivity contribution in [3.05, 3.63) is 48.6 Å². The number of hydrogen-bond acceptors (Lipinski definition) is 15. The minimum atomic E-state index is -4.97. The van der Waals surface area contributed by atoms with Crippen molar-refractivity contribution in [2.24, 2.45) is 11.8 Å². The van der Waals surface area contributed by atoms with Crippen molar-refractivity contribution in [2.75, 3.05) is 39.6 Å². The average Bonchev–Trinajstić information content (AvgIpc) is 2.64. The molecule has 0 saturated heterocycles. The molecule has 19 heteroatoms. The molecule has 0 aliphatic heterocycles. The van der Waals surface area contributed by atoms with Crippen molar-refractivity contribution in [2.45, 2.75) is 362 Å². The highest BCUT2D eigenvalue weighted by atomic mass is 31.2. The lowest BCUT2D eigenvalue weighted by atomic mass is 10.0. The number of rotatable bonds is 71. The summed E-state index contributed by atoms with van der Waals surface area (Å²) in [6.07, 6.45) is 59.9. The van der Waals surface area contributed by atoms with Gasteiger partial charge >= 0.3 is 39.5 Å². The molecular formula is C76H140O17P2. The number of esters is 4. The number of carbonyl (C=O) groups is 4. The molecule has 0 bridgehead atoms. The van der Waals surface area contributed by atoms with Crippen LogP contribution in [0.4, 0.5) is 0 Å². The van der Waals surface area contributed by atoms with Crippen LogP contribution in [0.15, 0.2) is 48.6 Å². The lowest BCUT2D eigenvalue weighted by Crippen LogP contribution is -2.30. The van der Waals surface area contributed by atoms with E-state index >= 15 is 0 Å². The zero-order chi connectivity index (χ0) is 70.0. The molecule has 556 valence electrons. The summed E-state index contributed by atoms with van der Waals surface area (Å²) in [6, 6.07) is 0. The minimum absolute atomic E-state index is 0.0779. The Kier molecular flexibility index (Phi) is 64.8. The summed E-state index contributed by atoms with van der Waals surface area (Å²) in [6.45, 7) is 9.41. The number of carbonyl (C=O) groups excluding carboxylic acids is 4. The number of phosphoric ester groups is 2. The molecule has 17 nitrogen and oxygen atoms in total. The number of ether oxygens (including phenoxy) is 4. The van der Waals surface area contributed by atoms with Gasteiger partial charge in [-0.2, -0.15) is 0 Å². The predicted octanol–water partition coefficient (Wildman–Crippen LogP) is 21.4. The van der Waals surface area contributed by atoms with Crippen LogP contribution < -0.4 is 0 Å². The Bertz CT molecular complexity index is 2030. The van der Waals surface area contributed by atoms with E-state index < -0.39 is 97.5 Å². The predicted molar refractivity (Wildman–Crippen MR) is 386 cm³/mol. The monoisotopic (exact) mass is 1390 g/mol. The third kappa shape index (κ3) is 69.3. The molecule has 0 rings (SSSR count). The molecule has 0 amide bonds. The average molecular weight is 1390 g/mol. The van der Waals surface area contributed by atoms with Gasteiger partial charge in [0, 0.05) is 25.7 Å². The quantitative estimate of drug-likeness (QED) is 0.0169. The van der Waals surface area contributed by atoms with Gasteiger partial charge in [-0.15, -0.1) is 0 Å². The van der Waals surface area contributed by atoms with E-state index in [-0.39, 0.29) is 25.7 Å². The van der Waals surface area contributed by atoms with E-state index in [1.807, 2.05) is 0 Å². The Labute approximate surface area is 578 Å². The maximum Gasteiger partial charge on any atom is 0.472 e. The van der Waals surface area contributed by atoms with Crippen LogP contribution in [-0.2, 0) is 65.4 Å². The van der Waals surface area contributed by atoms with Crippen molar-refractivity contribution >= 4 is 39.5 Å². The standard InChI is InChI=1S/C76H140O17P2/c1-7-9-11-13-15-17-19-21-23-25-30-34-40-46-52-58-73(78)86-64-71(92-75(80)60-54-48-41-35-31-26-24-22-20-18-16-14-12-10-8-2)66-90-94(82,83)88-62-70(77)63-89-95(84,85)91-67-72(65-87-74(79)59-53-47-43-37-39-45-51-57-69(5)6)93-76(81)61-55-49-42-36-32-28-27-29-33-38-44-50-56-68(3)4/h17-24,68-72,77H,7-16,25-67H2,1-6H3,(H,82,83)(H,84,85)/b19-17-,20-18-,23-21-,24-22-/t70?,71-,72-/m1/s1. The first-order chi connectivity index (χ1) is 45.9. The molecule has 0 fully saturated rings. The Hall–Kier alpha value is -2.98. The third-order valence-corrected chi connectivity index (χ3v) is 18.4. The van der Waals surface area contributed by atoms with Crippen molar-refractivity contribution < 1.29 is 80.2 Å². The number of aliphatic hydroxyl groups is 1.